The molecular weight excluding hydrogens is 377 g/mol. The molecule has 1 aliphatic heterocycles. The number of aromatic nitrogens is 3. The third-order valence-corrected chi connectivity index (χ3v) is 5.74. The number of hydrogen-bond donors (Lipinski definition) is 1. The van der Waals surface area contributed by atoms with Gasteiger partial charge in [-0.1, -0.05) is 23.9 Å². The highest BCUT2D eigenvalue weighted by Crippen LogP contribution is 2.25. The number of likely N-dealkylation sites (tertiary alicyclic amines) is 1. The summed E-state index contributed by atoms with van der Waals surface area (Å²) in [5.41, 5.74) is 2.48. The van der Waals surface area contributed by atoms with Crippen molar-refractivity contribution in [1.29, 1.82) is 0 Å². The average Bonchev–Trinajstić information content (AvgIpc) is 3.37. The summed E-state index contributed by atoms with van der Waals surface area (Å²) in [6.45, 7) is 1.69. The first-order valence-corrected chi connectivity index (χ1v) is 10.1. The Morgan fingerprint density at radius 3 is 2.39 bits per heavy atom. The van der Waals surface area contributed by atoms with Crippen molar-refractivity contribution in [2.24, 2.45) is 0 Å². The molecule has 1 fully saturated rings. The van der Waals surface area contributed by atoms with Gasteiger partial charge in [0.25, 0.3) is 5.91 Å². The average molecular weight is 397 g/mol. The Kier molecular flexibility index (Phi) is 5.29. The Morgan fingerprint density at radius 2 is 1.71 bits per heavy atom. The van der Waals surface area contributed by atoms with Gasteiger partial charge in [0.05, 0.1) is 0 Å². The van der Waals surface area contributed by atoms with E-state index in [-0.39, 0.29) is 11.7 Å². The summed E-state index contributed by atoms with van der Waals surface area (Å²) in [7, 11) is 0. The molecular formula is C20H20FN5OS. The van der Waals surface area contributed by atoms with Gasteiger partial charge in [-0.15, -0.1) is 10.2 Å². The van der Waals surface area contributed by atoms with Crippen molar-refractivity contribution in [3.63, 3.8) is 0 Å². The van der Waals surface area contributed by atoms with Gasteiger partial charge in [-0.3, -0.25) is 4.79 Å². The van der Waals surface area contributed by atoms with Crippen molar-refractivity contribution in [3.05, 3.63) is 65.5 Å². The lowest BCUT2D eigenvalue weighted by Crippen LogP contribution is -2.27. The van der Waals surface area contributed by atoms with Crippen molar-refractivity contribution in [1.82, 2.24) is 19.8 Å². The molecule has 4 rings (SSSR count). The Morgan fingerprint density at radius 1 is 1.04 bits per heavy atom. The molecule has 2 aromatic carbocycles. The fraction of sp³-hybridized carbons (Fsp3) is 0.250. The number of amides is 1. The minimum absolute atomic E-state index is 0.0994. The van der Waals surface area contributed by atoms with Gasteiger partial charge < -0.3 is 10.7 Å². The van der Waals surface area contributed by atoms with Crippen molar-refractivity contribution in [2.75, 3.05) is 18.9 Å². The van der Waals surface area contributed by atoms with Crippen LogP contribution in [0.1, 0.15) is 28.8 Å². The first-order valence-electron chi connectivity index (χ1n) is 9.09. The first kappa shape index (κ1) is 18.5. The summed E-state index contributed by atoms with van der Waals surface area (Å²) >= 11 is 1.45. The number of thioether (sulfide) groups is 1. The van der Waals surface area contributed by atoms with Gasteiger partial charge in [0.2, 0.25) is 5.16 Å². The van der Waals surface area contributed by atoms with Gasteiger partial charge in [-0.25, -0.2) is 9.07 Å². The Labute approximate surface area is 166 Å². The number of nitrogens with two attached hydrogens (primary N) is 1. The summed E-state index contributed by atoms with van der Waals surface area (Å²) in [5, 5.41) is 8.79. The maximum absolute atomic E-state index is 13.1. The molecule has 0 bridgehead atoms. The molecule has 0 atom stereocenters. The topological polar surface area (TPSA) is 77.0 Å². The highest BCUT2D eigenvalue weighted by molar-refractivity contribution is 7.98. The van der Waals surface area contributed by atoms with Crippen LogP contribution < -0.4 is 5.84 Å². The van der Waals surface area contributed by atoms with Crippen molar-refractivity contribution < 1.29 is 9.18 Å². The SMILES string of the molecule is Nn1c(SCc2ccc(C(=O)N3CCCC3)cc2)nnc1-c1ccc(F)cc1. The van der Waals surface area contributed by atoms with E-state index >= 15 is 0 Å². The molecule has 3 aromatic rings. The summed E-state index contributed by atoms with van der Waals surface area (Å²) < 4.78 is 14.5. The van der Waals surface area contributed by atoms with Crippen LogP contribution in [0, 0.1) is 5.82 Å². The van der Waals surface area contributed by atoms with E-state index in [9.17, 15) is 9.18 Å². The van der Waals surface area contributed by atoms with Crippen molar-refractivity contribution >= 4 is 17.7 Å². The predicted octanol–water partition coefficient (Wildman–Crippen LogP) is 3.33. The van der Waals surface area contributed by atoms with Gasteiger partial charge in [-0.05, 0) is 54.8 Å². The van der Waals surface area contributed by atoms with Crippen LogP contribution in [0.5, 0.6) is 0 Å². The number of carbonyl (C=O) groups is 1. The molecule has 1 aliphatic rings. The summed E-state index contributed by atoms with van der Waals surface area (Å²) in [4.78, 5) is 14.3. The zero-order chi connectivity index (χ0) is 19.5. The summed E-state index contributed by atoms with van der Waals surface area (Å²) in [5.74, 6) is 7.02. The third kappa shape index (κ3) is 3.87. The molecule has 0 saturated carbocycles. The number of nitrogens with zero attached hydrogens (tertiary/aromatic N) is 4. The van der Waals surface area contributed by atoms with E-state index in [1.807, 2.05) is 29.2 Å². The molecule has 0 unspecified atom stereocenters. The van der Waals surface area contributed by atoms with Crippen LogP contribution in [0.4, 0.5) is 4.39 Å². The first-order chi connectivity index (χ1) is 13.6. The van der Waals surface area contributed by atoms with Gasteiger partial charge >= 0.3 is 0 Å². The van der Waals surface area contributed by atoms with E-state index in [2.05, 4.69) is 10.2 Å². The van der Waals surface area contributed by atoms with Crippen molar-refractivity contribution in [2.45, 2.75) is 23.8 Å². The number of benzene rings is 2. The molecule has 0 aliphatic carbocycles. The molecule has 0 radical (unpaired) electrons. The van der Waals surface area contributed by atoms with Gasteiger partial charge in [-0.2, -0.15) is 0 Å². The maximum atomic E-state index is 13.1. The molecule has 28 heavy (non-hydrogen) atoms. The van der Waals surface area contributed by atoms with E-state index in [1.54, 1.807) is 12.1 Å². The standard InChI is InChI=1S/C20H20FN5OS/c21-17-9-7-15(8-10-17)18-23-24-20(26(18)22)28-13-14-3-5-16(6-4-14)19(27)25-11-1-2-12-25/h3-10H,1-2,11-13,22H2. The monoisotopic (exact) mass is 397 g/mol. The van der Waals surface area contributed by atoms with E-state index in [4.69, 9.17) is 5.84 Å². The number of hydrogen-bond acceptors (Lipinski definition) is 5. The molecule has 2 N–H and O–H groups in total. The molecule has 6 nitrogen and oxygen atoms in total. The summed E-state index contributed by atoms with van der Waals surface area (Å²) in [6.07, 6.45) is 2.17. The van der Waals surface area contributed by atoms with Gasteiger partial charge in [0, 0.05) is 30.0 Å². The van der Waals surface area contributed by atoms with E-state index in [1.165, 1.54) is 28.6 Å². The zero-order valence-corrected chi connectivity index (χ0v) is 16.0. The van der Waals surface area contributed by atoms with Crippen LogP contribution in [0.25, 0.3) is 11.4 Å². The molecule has 2 heterocycles. The van der Waals surface area contributed by atoms with E-state index in [0.717, 1.165) is 37.1 Å². The second-order valence-electron chi connectivity index (χ2n) is 6.67. The highest BCUT2D eigenvalue weighted by atomic mass is 32.2. The van der Waals surface area contributed by atoms with Crippen LogP contribution in [0.3, 0.4) is 0 Å². The second-order valence-corrected chi connectivity index (χ2v) is 7.61. The minimum atomic E-state index is -0.312. The van der Waals surface area contributed by atoms with E-state index < -0.39 is 0 Å². The lowest BCUT2D eigenvalue weighted by Gasteiger charge is -2.15. The quantitative estimate of drug-likeness (QED) is 0.528. The molecule has 1 saturated heterocycles. The minimum Gasteiger partial charge on any atom is -0.339 e. The third-order valence-electron chi connectivity index (χ3n) is 4.73. The Hall–Kier alpha value is -2.87. The number of carbonyl (C=O) groups excluding carboxylic acids is 1. The fourth-order valence-corrected chi connectivity index (χ4v) is 3.98. The molecule has 1 amide bonds. The van der Waals surface area contributed by atoms with Crippen LogP contribution in [0.15, 0.2) is 53.7 Å². The lowest BCUT2D eigenvalue weighted by molar-refractivity contribution is 0.0793. The van der Waals surface area contributed by atoms with Crippen molar-refractivity contribution in [3.8, 4) is 11.4 Å². The second kappa shape index (κ2) is 8.02. The van der Waals surface area contributed by atoms with Crippen LogP contribution in [-0.2, 0) is 5.75 Å². The fourth-order valence-electron chi connectivity index (χ4n) is 3.17. The summed E-state index contributed by atoms with van der Waals surface area (Å²) in [6, 6.07) is 13.6. The molecule has 8 heteroatoms. The normalized spacial score (nSPS) is 13.8. The van der Waals surface area contributed by atoms with E-state index in [0.29, 0.717) is 22.3 Å². The predicted molar refractivity (Wildman–Crippen MR) is 107 cm³/mol. The van der Waals surface area contributed by atoms with Crippen LogP contribution >= 0.6 is 11.8 Å². The molecule has 0 spiro atoms. The van der Waals surface area contributed by atoms with Gasteiger partial charge in [0.1, 0.15) is 5.82 Å². The largest absolute Gasteiger partial charge is 0.339 e. The number of nitrogen functional groups attached to an aromatic ring is 1. The zero-order valence-electron chi connectivity index (χ0n) is 15.2. The lowest BCUT2D eigenvalue weighted by atomic mass is 10.1. The van der Waals surface area contributed by atoms with Crippen LogP contribution in [-0.4, -0.2) is 38.8 Å². The number of halogens is 1. The Balaban J connectivity index is 1.40. The highest BCUT2D eigenvalue weighted by Gasteiger charge is 2.19. The molecule has 1 aromatic heterocycles. The molecule has 144 valence electrons. The smallest absolute Gasteiger partial charge is 0.253 e. The number of rotatable bonds is 5. The maximum Gasteiger partial charge on any atom is 0.253 e. The Bertz CT molecular complexity index is 965. The van der Waals surface area contributed by atoms with Gasteiger partial charge in [0.15, 0.2) is 5.82 Å². The van der Waals surface area contributed by atoms with Crippen LogP contribution in [0.2, 0.25) is 0 Å².